The highest BCUT2D eigenvalue weighted by Crippen LogP contribution is 2.34. The van der Waals surface area contributed by atoms with Gasteiger partial charge in [-0.15, -0.1) is 0 Å². The number of amides is 1. The number of carbonyl (C=O) groups excluding carboxylic acids is 1. The van der Waals surface area contributed by atoms with E-state index in [-0.39, 0.29) is 20.7 Å². The largest absolute Gasteiger partial charge is 0.494 e. The number of halogens is 2. The van der Waals surface area contributed by atoms with Gasteiger partial charge < -0.3 is 14.5 Å². The monoisotopic (exact) mass is 527 g/mol. The van der Waals surface area contributed by atoms with Gasteiger partial charge >= 0.3 is 0 Å². The van der Waals surface area contributed by atoms with E-state index in [4.69, 9.17) is 44.6 Å². The number of aromatic nitrogens is 1. The zero-order valence-electron chi connectivity index (χ0n) is 19.3. The summed E-state index contributed by atoms with van der Waals surface area (Å²) in [6.45, 7) is 4.36. The zero-order chi connectivity index (χ0) is 25.1. The minimum Gasteiger partial charge on any atom is -0.494 e. The number of nitrogens with one attached hydrogen (secondary N) is 2. The molecule has 3 aromatic carbocycles. The van der Waals surface area contributed by atoms with Crippen LogP contribution in [0.3, 0.4) is 0 Å². The molecule has 0 bridgehead atoms. The van der Waals surface area contributed by atoms with Gasteiger partial charge in [-0.05, 0) is 78.7 Å². The molecule has 0 aliphatic rings. The van der Waals surface area contributed by atoms with Crippen LogP contribution in [0.5, 0.6) is 5.75 Å². The lowest BCUT2D eigenvalue weighted by atomic mass is 9.98. The third-order valence-electron chi connectivity index (χ3n) is 5.67. The van der Waals surface area contributed by atoms with Crippen molar-refractivity contribution in [2.45, 2.75) is 26.2 Å². The van der Waals surface area contributed by atoms with Crippen molar-refractivity contribution in [3.8, 4) is 17.2 Å². The highest BCUT2D eigenvalue weighted by molar-refractivity contribution is 7.80. The molecule has 0 saturated heterocycles. The van der Waals surface area contributed by atoms with Crippen LogP contribution in [0.1, 0.15) is 42.1 Å². The van der Waals surface area contributed by atoms with Gasteiger partial charge in [0.25, 0.3) is 5.91 Å². The summed E-state index contributed by atoms with van der Waals surface area (Å²) in [4.78, 5) is 17.2. The fourth-order valence-corrected chi connectivity index (χ4v) is 4.38. The number of nitrogens with zero attached hydrogens (tertiary/aromatic N) is 1. The fraction of sp³-hybridized carbons (Fsp3) is 0.192. The molecule has 1 atom stereocenters. The minimum absolute atomic E-state index is 0.130. The van der Waals surface area contributed by atoms with Crippen LogP contribution >= 0.6 is 35.4 Å². The second-order valence-corrected chi connectivity index (χ2v) is 9.24. The minimum atomic E-state index is -0.450. The van der Waals surface area contributed by atoms with E-state index in [1.54, 1.807) is 0 Å². The third kappa shape index (κ3) is 5.59. The van der Waals surface area contributed by atoms with Gasteiger partial charge in [0.2, 0.25) is 5.89 Å². The predicted molar refractivity (Wildman–Crippen MR) is 145 cm³/mol. The summed E-state index contributed by atoms with van der Waals surface area (Å²) in [7, 11) is 1.45. The molecule has 180 valence electrons. The van der Waals surface area contributed by atoms with E-state index in [1.165, 1.54) is 24.8 Å². The Labute approximate surface area is 218 Å². The molecule has 0 aliphatic carbocycles. The van der Waals surface area contributed by atoms with Gasteiger partial charge in [0, 0.05) is 16.8 Å². The van der Waals surface area contributed by atoms with Crippen molar-refractivity contribution in [2.24, 2.45) is 0 Å². The van der Waals surface area contributed by atoms with Crippen LogP contribution in [0.2, 0.25) is 10.0 Å². The van der Waals surface area contributed by atoms with Crippen LogP contribution in [-0.2, 0) is 0 Å². The molecule has 1 aromatic heterocycles. The van der Waals surface area contributed by atoms with Crippen molar-refractivity contribution < 1.29 is 13.9 Å². The quantitative estimate of drug-likeness (QED) is 0.253. The van der Waals surface area contributed by atoms with Gasteiger partial charge in [0.1, 0.15) is 5.52 Å². The highest BCUT2D eigenvalue weighted by atomic mass is 35.5. The van der Waals surface area contributed by atoms with Crippen LogP contribution in [0.15, 0.2) is 59.0 Å². The summed E-state index contributed by atoms with van der Waals surface area (Å²) < 4.78 is 11.0. The van der Waals surface area contributed by atoms with E-state index >= 15 is 0 Å². The maximum atomic E-state index is 12.5. The number of hydrogen-bond donors (Lipinski definition) is 2. The molecule has 4 aromatic rings. The lowest BCUT2D eigenvalue weighted by Gasteiger charge is -2.11. The molecule has 0 fully saturated rings. The number of oxazole rings is 1. The first-order chi connectivity index (χ1) is 16.8. The van der Waals surface area contributed by atoms with Crippen molar-refractivity contribution in [3.63, 3.8) is 0 Å². The van der Waals surface area contributed by atoms with Gasteiger partial charge in [0.05, 0.1) is 17.2 Å². The van der Waals surface area contributed by atoms with E-state index in [9.17, 15) is 4.79 Å². The first-order valence-corrected chi connectivity index (χ1v) is 12.1. The number of hydrogen-bond acceptors (Lipinski definition) is 5. The van der Waals surface area contributed by atoms with Crippen molar-refractivity contribution >= 4 is 63.2 Å². The van der Waals surface area contributed by atoms with Crippen LogP contribution < -0.4 is 15.4 Å². The van der Waals surface area contributed by atoms with E-state index < -0.39 is 5.91 Å². The molecule has 0 spiro atoms. The topological polar surface area (TPSA) is 76.4 Å². The summed E-state index contributed by atoms with van der Waals surface area (Å²) >= 11 is 17.5. The number of ether oxygens (including phenoxy) is 1. The molecule has 0 radical (unpaired) electrons. The van der Waals surface area contributed by atoms with Crippen molar-refractivity contribution in [3.05, 3.63) is 75.8 Å². The fourth-order valence-electron chi connectivity index (χ4n) is 3.53. The lowest BCUT2D eigenvalue weighted by Crippen LogP contribution is -2.34. The second kappa shape index (κ2) is 10.6. The van der Waals surface area contributed by atoms with Crippen LogP contribution in [0.4, 0.5) is 5.69 Å². The van der Waals surface area contributed by atoms with Crippen molar-refractivity contribution in [2.75, 3.05) is 12.4 Å². The summed E-state index contributed by atoms with van der Waals surface area (Å²) in [5.74, 6) is 0.860. The molecule has 0 saturated carbocycles. The van der Waals surface area contributed by atoms with Gasteiger partial charge in [-0.2, -0.15) is 0 Å². The Morgan fingerprint density at radius 2 is 1.80 bits per heavy atom. The third-order valence-corrected chi connectivity index (χ3v) is 6.44. The summed E-state index contributed by atoms with van der Waals surface area (Å²) in [6.07, 6.45) is 1.06. The summed E-state index contributed by atoms with van der Waals surface area (Å²) in [5, 5.41) is 6.19. The number of benzene rings is 3. The number of fused-ring (bicyclic) bond motifs is 1. The maximum absolute atomic E-state index is 12.5. The Hall–Kier alpha value is -3.13. The van der Waals surface area contributed by atoms with Crippen LogP contribution in [0.25, 0.3) is 22.6 Å². The molecular formula is C26H23Cl2N3O3S. The summed E-state index contributed by atoms with van der Waals surface area (Å²) in [5.41, 5.74) is 4.61. The van der Waals surface area contributed by atoms with Crippen molar-refractivity contribution in [1.29, 1.82) is 0 Å². The molecule has 1 amide bonds. The van der Waals surface area contributed by atoms with Crippen molar-refractivity contribution in [1.82, 2.24) is 10.3 Å². The molecule has 1 unspecified atom stereocenters. The van der Waals surface area contributed by atoms with Crippen LogP contribution in [-0.4, -0.2) is 23.1 Å². The standard InChI is InChI=1S/C26H23Cl2N3O3S/c1-4-14(2)16-7-10-22-21(13-16)30-25(34-22)15-5-8-18(9-6-15)29-26(35)31-24(32)17-11-19(27)23(33-3)20(28)12-17/h5-14H,4H2,1-3H3,(H2,29,31,32,35). The average Bonchev–Trinajstić information content (AvgIpc) is 3.27. The van der Waals surface area contributed by atoms with Gasteiger partial charge in [0.15, 0.2) is 16.4 Å². The number of anilines is 1. The normalized spacial score (nSPS) is 11.8. The number of rotatable bonds is 6. The Morgan fingerprint density at radius 3 is 2.43 bits per heavy atom. The Morgan fingerprint density at radius 1 is 1.11 bits per heavy atom. The lowest BCUT2D eigenvalue weighted by molar-refractivity contribution is 0.0977. The van der Waals surface area contributed by atoms with E-state index in [0.717, 1.165) is 23.1 Å². The molecule has 1 heterocycles. The van der Waals surface area contributed by atoms with E-state index in [0.29, 0.717) is 23.2 Å². The zero-order valence-corrected chi connectivity index (χ0v) is 21.6. The number of carbonyl (C=O) groups is 1. The first-order valence-electron chi connectivity index (χ1n) is 10.9. The molecule has 0 aliphatic heterocycles. The average molecular weight is 528 g/mol. The highest BCUT2D eigenvalue weighted by Gasteiger charge is 2.15. The summed E-state index contributed by atoms with van der Waals surface area (Å²) in [6, 6.07) is 16.5. The Bertz CT molecular complexity index is 1380. The van der Waals surface area contributed by atoms with Gasteiger partial charge in [-0.3, -0.25) is 10.1 Å². The Kier molecular flexibility index (Phi) is 7.60. The number of methoxy groups -OCH3 is 1. The SMILES string of the molecule is CCC(C)c1ccc2oc(-c3ccc(NC(=S)NC(=O)c4cc(Cl)c(OC)c(Cl)c4)cc3)nc2c1. The Balaban J connectivity index is 1.43. The molecular weight excluding hydrogens is 505 g/mol. The van der Waals surface area contributed by atoms with E-state index in [1.807, 2.05) is 30.3 Å². The van der Waals surface area contributed by atoms with E-state index in [2.05, 4.69) is 41.6 Å². The first kappa shape index (κ1) is 25.0. The molecule has 2 N–H and O–H groups in total. The predicted octanol–water partition coefficient (Wildman–Crippen LogP) is 7.45. The maximum Gasteiger partial charge on any atom is 0.257 e. The van der Waals surface area contributed by atoms with Crippen LogP contribution in [0, 0.1) is 0 Å². The molecule has 35 heavy (non-hydrogen) atoms. The van der Waals surface area contributed by atoms with Gasteiger partial charge in [-0.25, -0.2) is 4.98 Å². The smallest absolute Gasteiger partial charge is 0.257 e. The molecule has 6 nitrogen and oxygen atoms in total. The second-order valence-electron chi connectivity index (χ2n) is 8.01. The number of thiocarbonyl (C=S) groups is 1. The molecule has 4 rings (SSSR count). The van der Waals surface area contributed by atoms with Gasteiger partial charge in [-0.1, -0.05) is 43.1 Å². The molecule has 9 heteroatoms.